The quantitative estimate of drug-likeness (QED) is 0.545. The van der Waals surface area contributed by atoms with Crippen LogP contribution in [0.4, 0.5) is 5.69 Å². The lowest BCUT2D eigenvalue weighted by atomic mass is 10.1. The maximum Gasteiger partial charge on any atom is 0.311 e. The maximum absolute atomic E-state index is 11.4. The minimum atomic E-state index is -0.751. The number of hydrogen-bond acceptors (Lipinski definition) is 6. The van der Waals surface area contributed by atoms with E-state index in [1.165, 1.54) is 12.1 Å². The van der Waals surface area contributed by atoms with Gasteiger partial charge in [-0.05, 0) is 18.2 Å². The number of amides is 1. The van der Waals surface area contributed by atoms with E-state index in [0.29, 0.717) is 5.56 Å². The molecule has 1 aromatic heterocycles. The number of primary amides is 1. The lowest BCUT2D eigenvalue weighted by Crippen LogP contribution is -2.12. The zero-order valence-electron chi connectivity index (χ0n) is 12.2. The molecule has 0 atom stereocenters. The summed E-state index contributed by atoms with van der Waals surface area (Å²) in [4.78, 5) is 22.0. The van der Waals surface area contributed by atoms with Crippen LogP contribution >= 0.6 is 0 Å². The van der Waals surface area contributed by atoms with Crippen molar-refractivity contribution in [3.63, 3.8) is 0 Å². The van der Waals surface area contributed by atoms with Crippen LogP contribution in [0.2, 0.25) is 0 Å². The number of para-hydroxylation sites is 3. The van der Waals surface area contributed by atoms with E-state index in [2.05, 4.69) is 15.4 Å². The average molecular weight is 325 g/mol. The Hall–Kier alpha value is -3.75. The molecular weight excluding hydrogens is 314 g/mol. The van der Waals surface area contributed by atoms with E-state index in [4.69, 9.17) is 10.5 Å². The number of H-pyrrole nitrogens is 1. The summed E-state index contributed by atoms with van der Waals surface area (Å²) in [6.45, 7) is 0. The van der Waals surface area contributed by atoms with Gasteiger partial charge in [-0.15, -0.1) is 0 Å². The van der Waals surface area contributed by atoms with Crippen LogP contribution in [0.1, 0.15) is 10.5 Å². The number of benzene rings is 2. The van der Waals surface area contributed by atoms with Crippen molar-refractivity contribution in [2.24, 2.45) is 5.73 Å². The van der Waals surface area contributed by atoms with Crippen LogP contribution in [0, 0.1) is 10.1 Å². The van der Waals surface area contributed by atoms with Crippen molar-refractivity contribution >= 4 is 11.6 Å². The molecule has 0 unspecified atom stereocenters. The molecule has 120 valence electrons. The van der Waals surface area contributed by atoms with Crippen molar-refractivity contribution in [2.45, 2.75) is 0 Å². The Morgan fingerprint density at radius 2 is 1.75 bits per heavy atom. The number of nitro benzene ring substituents is 1. The summed E-state index contributed by atoms with van der Waals surface area (Å²) >= 11 is 0. The van der Waals surface area contributed by atoms with Crippen LogP contribution in [-0.4, -0.2) is 26.2 Å². The molecule has 0 saturated carbocycles. The van der Waals surface area contributed by atoms with Crippen LogP contribution in [0.15, 0.2) is 48.5 Å². The van der Waals surface area contributed by atoms with Crippen molar-refractivity contribution in [2.75, 3.05) is 0 Å². The Morgan fingerprint density at radius 1 is 1.08 bits per heavy atom. The fourth-order valence-corrected chi connectivity index (χ4v) is 2.15. The number of rotatable bonds is 5. The van der Waals surface area contributed by atoms with Gasteiger partial charge in [-0.3, -0.25) is 14.9 Å². The highest BCUT2D eigenvalue weighted by molar-refractivity contribution is 5.97. The van der Waals surface area contributed by atoms with E-state index in [-0.39, 0.29) is 28.6 Å². The zero-order chi connectivity index (χ0) is 17.1. The Balaban J connectivity index is 2.07. The van der Waals surface area contributed by atoms with E-state index < -0.39 is 10.8 Å². The second-order valence-electron chi connectivity index (χ2n) is 4.71. The van der Waals surface area contributed by atoms with Crippen LogP contribution < -0.4 is 10.5 Å². The SMILES string of the molecule is NC(=O)c1n[nH]nc1-c1ccccc1Oc1ccccc1[N+](=O)[O-]. The first-order chi connectivity index (χ1) is 11.6. The third-order valence-corrected chi connectivity index (χ3v) is 3.21. The van der Waals surface area contributed by atoms with Crippen LogP contribution in [0.5, 0.6) is 11.5 Å². The normalized spacial score (nSPS) is 10.3. The number of carbonyl (C=O) groups is 1. The third-order valence-electron chi connectivity index (χ3n) is 3.21. The summed E-state index contributed by atoms with van der Waals surface area (Å²) < 4.78 is 5.69. The Bertz CT molecular complexity index is 921. The molecule has 0 spiro atoms. The Labute approximate surface area is 135 Å². The second-order valence-corrected chi connectivity index (χ2v) is 4.71. The molecule has 24 heavy (non-hydrogen) atoms. The monoisotopic (exact) mass is 325 g/mol. The molecule has 0 aliphatic carbocycles. The smallest absolute Gasteiger partial charge is 0.311 e. The molecule has 0 aliphatic heterocycles. The zero-order valence-corrected chi connectivity index (χ0v) is 12.2. The molecule has 1 heterocycles. The van der Waals surface area contributed by atoms with Gasteiger partial charge in [0.2, 0.25) is 5.75 Å². The minimum Gasteiger partial charge on any atom is -0.449 e. The maximum atomic E-state index is 11.4. The summed E-state index contributed by atoms with van der Waals surface area (Å²) in [5.41, 5.74) is 5.68. The Morgan fingerprint density at radius 3 is 2.46 bits per heavy atom. The lowest BCUT2D eigenvalue weighted by Gasteiger charge is -2.10. The predicted molar refractivity (Wildman–Crippen MR) is 83.5 cm³/mol. The number of ether oxygens (including phenoxy) is 1. The van der Waals surface area contributed by atoms with Gasteiger partial charge in [-0.1, -0.05) is 24.3 Å². The molecule has 3 N–H and O–H groups in total. The molecule has 0 saturated heterocycles. The molecule has 0 radical (unpaired) electrons. The van der Waals surface area contributed by atoms with E-state index in [9.17, 15) is 14.9 Å². The van der Waals surface area contributed by atoms with Gasteiger partial charge in [-0.25, -0.2) is 0 Å². The van der Waals surface area contributed by atoms with Gasteiger partial charge in [0.25, 0.3) is 5.91 Å². The molecule has 3 aromatic rings. The number of nitrogens with two attached hydrogens (primary N) is 1. The standard InChI is InChI=1S/C15H11N5O4/c16-15(21)14-13(17-19-18-14)9-5-1-3-7-11(9)24-12-8-4-2-6-10(12)20(22)23/h1-8H,(H2,16,21)(H,17,18,19). The highest BCUT2D eigenvalue weighted by Gasteiger charge is 2.21. The number of nitrogens with one attached hydrogen (secondary N) is 1. The molecule has 9 heteroatoms. The summed E-state index contributed by atoms with van der Waals surface area (Å²) in [6.07, 6.45) is 0. The van der Waals surface area contributed by atoms with E-state index in [0.717, 1.165) is 0 Å². The van der Waals surface area contributed by atoms with Gasteiger partial charge in [0, 0.05) is 11.6 Å². The largest absolute Gasteiger partial charge is 0.449 e. The van der Waals surface area contributed by atoms with Crippen molar-refractivity contribution in [1.82, 2.24) is 15.4 Å². The third kappa shape index (κ3) is 2.77. The Kier molecular flexibility index (Phi) is 3.89. The van der Waals surface area contributed by atoms with E-state index >= 15 is 0 Å². The molecule has 9 nitrogen and oxygen atoms in total. The molecular formula is C15H11N5O4. The van der Waals surface area contributed by atoms with Crippen LogP contribution in [-0.2, 0) is 0 Å². The highest BCUT2D eigenvalue weighted by atomic mass is 16.6. The first kappa shape index (κ1) is 15.2. The number of hydrogen-bond donors (Lipinski definition) is 2. The number of carbonyl (C=O) groups excluding carboxylic acids is 1. The first-order valence-corrected chi connectivity index (χ1v) is 6.79. The molecule has 3 rings (SSSR count). The summed E-state index contributed by atoms with van der Waals surface area (Å²) in [6, 6.07) is 12.6. The van der Waals surface area contributed by atoms with Gasteiger partial charge >= 0.3 is 5.69 Å². The first-order valence-electron chi connectivity index (χ1n) is 6.79. The molecule has 2 aromatic carbocycles. The van der Waals surface area contributed by atoms with Gasteiger partial charge in [0.05, 0.1) is 4.92 Å². The van der Waals surface area contributed by atoms with Crippen molar-refractivity contribution < 1.29 is 14.5 Å². The van der Waals surface area contributed by atoms with E-state index in [1.807, 2.05) is 0 Å². The number of aromatic nitrogens is 3. The number of nitrogens with zero attached hydrogens (tertiary/aromatic N) is 3. The van der Waals surface area contributed by atoms with Crippen molar-refractivity contribution in [3.8, 4) is 22.8 Å². The molecule has 1 amide bonds. The molecule has 0 bridgehead atoms. The summed E-state index contributed by atoms with van der Waals surface area (Å²) in [5, 5.41) is 21.1. The second kappa shape index (κ2) is 6.16. The number of aromatic amines is 1. The minimum absolute atomic E-state index is 0.0476. The summed E-state index contributed by atoms with van der Waals surface area (Å²) in [7, 11) is 0. The van der Waals surface area contributed by atoms with Gasteiger partial charge in [0.1, 0.15) is 11.4 Å². The average Bonchev–Trinajstić information content (AvgIpc) is 3.05. The predicted octanol–water partition coefficient (Wildman–Crippen LogP) is 2.27. The topological polar surface area (TPSA) is 137 Å². The number of nitro groups is 1. The highest BCUT2D eigenvalue weighted by Crippen LogP contribution is 2.36. The van der Waals surface area contributed by atoms with Crippen LogP contribution in [0.25, 0.3) is 11.3 Å². The van der Waals surface area contributed by atoms with E-state index in [1.54, 1.807) is 36.4 Å². The van der Waals surface area contributed by atoms with Crippen molar-refractivity contribution in [1.29, 1.82) is 0 Å². The fraction of sp³-hybridized carbons (Fsp3) is 0. The molecule has 0 fully saturated rings. The van der Waals surface area contributed by atoms with Crippen LogP contribution in [0.3, 0.4) is 0 Å². The molecule has 0 aliphatic rings. The fourth-order valence-electron chi connectivity index (χ4n) is 2.15. The van der Waals surface area contributed by atoms with Gasteiger partial charge < -0.3 is 10.5 Å². The lowest BCUT2D eigenvalue weighted by molar-refractivity contribution is -0.385. The van der Waals surface area contributed by atoms with Crippen molar-refractivity contribution in [3.05, 3.63) is 64.3 Å². The summed E-state index contributed by atoms with van der Waals surface area (Å²) in [5.74, 6) is -0.401. The van der Waals surface area contributed by atoms with Gasteiger partial charge in [-0.2, -0.15) is 15.4 Å². The van der Waals surface area contributed by atoms with Gasteiger partial charge in [0.15, 0.2) is 5.69 Å².